The largest absolute Gasteiger partial charge is 0.463 e. The average molecular weight is 626 g/mol. The first-order valence-electron chi connectivity index (χ1n) is 9.56. The van der Waals surface area contributed by atoms with Gasteiger partial charge in [0.2, 0.25) is 0 Å². The Morgan fingerprint density at radius 2 is 1.57 bits per heavy atom. The Morgan fingerprint density at radius 3 is 2.10 bits per heavy atom. The molecule has 3 aromatic carbocycles. The Morgan fingerprint density at radius 1 is 0.967 bits per heavy atom. The van der Waals surface area contributed by atoms with Gasteiger partial charge in [-0.3, -0.25) is 0 Å². The molecule has 0 atom stereocenters. The zero-order chi connectivity index (χ0) is 20.9. The van der Waals surface area contributed by atoms with Gasteiger partial charge >= 0.3 is 5.97 Å². The van der Waals surface area contributed by atoms with Crippen molar-refractivity contribution in [1.82, 2.24) is 0 Å². The number of hydrogen-bond donors (Lipinski definition) is 2. The van der Waals surface area contributed by atoms with E-state index in [0.29, 0.717) is 18.0 Å². The molecule has 4 N–H and O–H groups in total. The van der Waals surface area contributed by atoms with Gasteiger partial charge in [-0.05, 0) is 48.2 Å². The third-order valence-corrected chi connectivity index (χ3v) is 3.95. The van der Waals surface area contributed by atoms with E-state index in [2.05, 4.69) is 30.3 Å². The molecule has 0 spiro atoms. The minimum absolute atomic E-state index is 0. The average Bonchev–Trinajstić information content (AvgIpc) is 2.73. The Labute approximate surface area is 202 Å². The predicted octanol–water partition coefficient (Wildman–Crippen LogP) is 4.89. The standard InChI is InChI=1S/C19H19O2.C6H8N2.U/c1-2-14-21-19(20)13-12-16-8-10-18(11-9-16)15-17-6-4-3-5-7-17;7-5-2-1-3-6(8)4-5;/h4-13H,2,14-15H2,1H3;1-4H,7-8H2;/q-1;;/b13-12+;;. The van der Waals surface area contributed by atoms with Gasteiger partial charge in [0.1, 0.15) is 0 Å². The predicted molar refractivity (Wildman–Crippen MR) is 120 cm³/mol. The number of carbonyl (C=O) groups excluding carboxylic acids is 1. The molecule has 0 aliphatic heterocycles. The van der Waals surface area contributed by atoms with Crippen molar-refractivity contribution in [3.63, 3.8) is 0 Å². The molecule has 3 rings (SSSR count). The first kappa shape index (κ1) is 25.6. The summed E-state index contributed by atoms with van der Waals surface area (Å²) in [6, 6.07) is 26.3. The molecule has 0 saturated heterocycles. The van der Waals surface area contributed by atoms with E-state index < -0.39 is 0 Å². The number of nitrogen functional groups attached to an aromatic ring is 2. The van der Waals surface area contributed by atoms with Crippen molar-refractivity contribution < 1.29 is 40.6 Å². The minimum atomic E-state index is -0.290. The van der Waals surface area contributed by atoms with Crippen LogP contribution >= 0.6 is 0 Å². The molecule has 0 aliphatic rings. The summed E-state index contributed by atoms with van der Waals surface area (Å²) in [6.07, 6.45) is 4.99. The van der Waals surface area contributed by atoms with Crippen LogP contribution in [0.2, 0.25) is 0 Å². The molecule has 0 radical (unpaired) electrons. The van der Waals surface area contributed by atoms with Gasteiger partial charge in [-0.1, -0.05) is 37.3 Å². The van der Waals surface area contributed by atoms with Crippen LogP contribution in [0, 0.1) is 37.2 Å². The fraction of sp³-hybridized carbons (Fsp3) is 0.160. The van der Waals surface area contributed by atoms with Gasteiger partial charge in [0, 0.05) is 48.6 Å². The van der Waals surface area contributed by atoms with Crippen LogP contribution in [0.15, 0.2) is 78.9 Å². The third-order valence-electron chi connectivity index (χ3n) is 3.95. The van der Waals surface area contributed by atoms with E-state index in [0.717, 1.165) is 18.4 Å². The Hall–Kier alpha value is -2.48. The van der Waals surface area contributed by atoms with Crippen molar-refractivity contribution in [2.75, 3.05) is 18.1 Å². The minimum Gasteiger partial charge on any atom is -0.463 e. The van der Waals surface area contributed by atoms with Crippen molar-refractivity contribution in [2.24, 2.45) is 0 Å². The number of benzene rings is 3. The van der Waals surface area contributed by atoms with Crippen LogP contribution in [0.3, 0.4) is 0 Å². The summed E-state index contributed by atoms with van der Waals surface area (Å²) in [6.45, 7) is 2.44. The van der Waals surface area contributed by atoms with Gasteiger partial charge in [-0.25, -0.2) is 4.79 Å². The molecule has 0 aliphatic carbocycles. The number of anilines is 2. The van der Waals surface area contributed by atoms with Gasteiger partial charge in [-0.2, -0.15) is 35.9 Å². The van der Waals surface area contributed by atoms with Crippen molar-refractivity contribution in [3.8, 4) is 0 Å². The summed E-state index contributed by atoms with van der Waals surface area (Å²) in [5, 5.41) is 0. The molecule has 0 bridgehead atoms. The molecule has 0 fully saturated rings. The molecule has 3 aromatic rings. The second-order valence-corrected chi connectivity index (χ2v) is 6.50. The molecule has 5 heteroatoms. The second-order valence-electron chi connectivity index (χ2n) is 6.50. The molecular weight excluding hydrogens is 598 g/mol. The van der Waals surface area contributed by atoms with Crippen molar-refractivity contribution in [1.29, 1.82) is 0 Å². The smallest absolute Gasteiger partial charge is 0.330 e. The zero-order valence-corrected chi connectivity index (χ0v) is 21.3. The SMILES string of the molecule is CCCOC(=O)/C=C/c1ccc(Cc2cc[c-]cc2)cc1.Nc1cccc(N)c1.[U]. The summed E-state index contributed by atoms with van der Waals surface area (Å²) in [5.41, 5.74) is 15.7. The number of carbonyl (C=O) groups is 1. The maximum atomic E-state index is 11.4. The van der Waals surface area contributed by atoms with Crippen molar-refractivity contribution in [3.05, 3.63) is 102 Å². The molecule has 30 heavy (non-hydrogen) atoms. The monoisotopic (exact) mass is 625 g/mol. The normalized spacial score (nSPS) is 9.90. The summed E-state index contributed by atoms with van der Waals surface area (Å²) in [7, 11) is 0. The van der Waals surface area contributed by atoms with Crippen LogP contribution in [0.5, 0.6) is 0 Å². The van der Waals surface area contributed by atoms with E-state index in [4.69, 9.17) is 16.2 Å². The van der Waals surface area contributed by atoms with Gasteiger partial charge in [0.15, 0.2) is 0 Å². The van der Waals surface area contributed by atoms with Crippen molar-refractivity contribution in [2.45, 2.75) is 19.8 Å². The third kappa shape index (κ3) is 10.3. The molecule has 0 saturated carbocycles. The molecule has 0 amide bonds. The zero-order valence-electron chi connectivity index (χ0n) is 17.2. The number of ether oxygens (including phenoxy) is 1. The Balaban J connectivity index is 0.000000421. The maximum Gasteiger partial charge on any atom is 0.330 e. The Kier molecular flexibility index (Phi) is 12.3. The number of nitrogens with two attached hydrogens (primary N) is 2. The summed E-state index contributed by atoms with van der Waals surface area (Å²) < 4.78 is 4.99. The fourth-order valence-electron chi connectivity index (χ4n) is 2.50. The van der Waals surface area contributed by atoms with E-state index in [9.17, 15) is 4.79 Å². The van der Waals surface area contributed by atoms with E-state index in [1.807, 2.05) is 37.3 Å². The summed E-state index contributed by atoms with van der Waals surface area (Å²) in [5.74, 6) is -0.290. The topological polar surface area (TPSA) is 78.3 Å². The van der Waals surface area contributed by atoms with Crippen LogP contribution < -0.4 is 11.5 Å². The van der Waals surface area contributed by atoms with E-state index in [1.54, 1.807) is 24.3 Å². The van der Waals surface area contributed by atoms with E-state index in [-0.39, 0.29) is 37.1 Å². The fourth-order valence-corrected chi connectivity index (χ4v) is 2.50. The van der Waals surface area contributed by atoms with E-state index >= 15 is 0 Å². The van der Waals surface area contributed by atoms with E-state index in [1.165, 1.54) is 17.2 Å². The van der Waals surface area contributed by atoms with Gasteiger partial charge in [-0.15, -0.1) is 0 Å². The molecule has 0 unspecified atom stereocenters. The van der Waals surface area contributed by atoms with Crippen LogP contribution in [0.4, 0.5) is 11.4 Å². The Bertz CT molecular complexity index is 893. The van der Waals surface area contributed by atoms with Crippen LogP contribution in [0.1, 0.15) is 30.0 Å². The molecule has 0 aromatic heterocycles. The van der Waals surface area contributed by atoms with Gasteiger partial charge in [0.05, 0.1) is 6.61 Å². The first-order chi connectivity index (χ1) is 14.1. The summed E-state index contributed by atoms with van der Waals surface area (Å²) in [4.78, 5) is 11.4. The van der Waals surface area contributed by atoms with Gasteiger partial charge in [0.25, 0.3) is 0 Å². The van der Waals surface area contributed by atoms with Crippen LogP contribution in [-0.2, 0) is 16.0 Å². The quantitative estimate of drug-likeness (QED) is 0.177. The van der Waals surface area contributed by atoms with Crippen LogP contribution in [0.25, 0.3) is 6.08 Å². The number of rotatable bonds is 6. The number of esters is 1. The van der Waals surface area contributed by atoms with Crippen LogP contribution in [-0.4, -0.2) is 12.6 Å². The molecule has 0 heterocycles. The maximum absolute atomic E-state index is 11.4. The summed E-state index contributed by atoms with van der Waals surface area (Å²) >= 11 is 0. The van der Waals surface area contributed by atoms with Gasteiger partial charge < -0.3 is 16.2 Å². The molecular formula is C25H27N2O2U-. The van der Waals surface area contributed by atoms with Crippen molar-refractivity contribution >= 4 is 23.4 Å². The molecule has 4 nitrogen and oxygen atoms in total. The second kappa shape index (κ2) is 14.5. The number of hydrogen-bond acceptors (Lipinski definition) is 4. The first-order valence-corrected chi connectivity index (χ1v) is 9.56. The molecule has 154 valence electrons.